The molecule has 3 rings (SSSR count). The van der Waals surface area contributed by atoms with Gasteiger partial charge in [-0.3, -0.25) is 14.4 Å². The van der Waals surface area contributed by atoms with E-state index >= 15 is 0 Å². The number of nitrogens with one attached hydrogen (secondary N) is 1. The van der Waals surface area contributed by atoms with Gasteiger partial charge < -0.3 is 19.7 Å². The lowest BCUT2D eigenvalue weighted by atomic mass is 10.2. The molecule has 7 nitrogen and oxygen atoms in total. The van der Waals surface area contributed by atoms with Crippen LogP contribution in [0.4, 0.5) is 5.69 Å². The van der Waals surface area contributed by atoms with Crippen molar-refractivity contribution in [1.29, 1.82) is 0 Å². The Morgan fingerprint density at radius 3 is 2.64 bits per heavy atom. The molecule has 1 aliphatic rings. The molecule has 1 aliphatic heterocycles. The number of para-hydroxylation sites is 2. The van der Waals surface area contributed by atoms with Crippen LogP contribution in [0, 0.1) is 0 Å². The standard InChI is InChI=1S/C21H22N2O5/c1-27-18-9-5-3-7-16(18)21(26)22-12-10-20(25)28-14-19(24)23-13-11-15-6-2-4-8-17(15)23/h2-9H,10-14H2,1H3,(H,22,26). The van der Waals surface area contributed by atoms with Crippen LogP contribution in [0.5, 0.6) is 5.75 Å². The van der Waals surface area contributed by atoms with Crippen LogP contribution in [-0.4, -0.2) is 44.6 Å². The summed E-state index contributed by atoms with van der Waals surface area (Å²) >= 11 is 0. The van der Waals surface area contributed by atoms with Crippen molar-refractivity contribution in [3.63, 3.8) is 0 Å². The summed E-state index contributed by atoms with van der Waals surface area (Å²) in [5.74, 6) is -0.674. The summed E-state index contributed by atoms with van der Waals surface area (Å²) in [5.41, 5.74) is 2.37. The molecule has 28 heavy (non-hydrogen) atoms. The van der Waals surface area contributed by atoms with E-state index < -0.39 is 5.97 Å². The van der Waals surface area contributed by atoms with Crippen molar-refractivity contribution in [3.8, 4) is 5.75 Å². The Morgan fingerprint density at radius 1 is 1.07 bits per heavy atom. The van der Waals surface area contributed by atoms with Crippen LogP contribution in [0.25, 0.3) is 0 Å². The number of hydrogen-bond acceptors (Lipinski definition) is 5. The van der Waals surface area contributed by atoms with E-state index in [1.54, 1.807) is 29.2 Å². The Kier molecular flexibility index (Phi) is 6.26. The van der Waals surface area contributed by atoms with E-state index in [2.05, 4.69) is 5.32 Å². The van der Waals surface area contributed by atoms with Crippen molar-refractivity contribution in [1.82, 2.24) is 5.32 Å². The number of fused-ring (bicyclic) bond motifs is 1. The van der Waals surface area contributed by atoms with E-state index in [0.717, 1.165) is 17.7 Å². The summed E-state index contributed by atoms with van der Waals surface area (Å²) in [4.78, 5) is 38.0. The maximum atomic E-state index is 12.3. The van der Waals surface area contributed by atoms with E-state index in [1.807, 2.05) is 24.3 Å². The first-order valence-corrected chi connectivity index (χ1v) is 9.05. The smallest absolute Gasteiger partial charge is 0.308 e. The number of methoxy groups -OCH3 is 1. The second-order valence-corrected chi connectivity index (χ2v) is 6.29. The van der Waals surface area contributed by atoms with E-state index in [4.69, 9.17) is 9.47 Å². The highest BCUT2D eigenvalue weighted by Gasteiger charge is 2.24. The largest absolute Gasteiger partial charge is 0.496 e. The number of nitrogens with zero attached hydrogens (tertiary/aromatic N) is 1. The number of amides is 2. The zero-order chi connectivity index (χ0) is 19.9. The molecule has 7 heteroatoms. The molecule has 0 saturated heterocycles. The summed E-state index contributed by atoms with van der Waals surface area (Å²) in [6, 6.07) is 14.5. The molecule has 2 amide bonds. The van der Waals surface area contributed by atoms with E-state index in [9.17, 15) is 14.4 Å². The average molecular weight is 382 g/mol. The monoisotopic (exact) mass is 382 g/mol. The molecule has 0 aromatic heterocycles. The summed E-state index contributed by atoms with van der Waals surface area (Å²) in [7, 11) is 1.49. The third-order valence-corrected chi connectivity index (χ3v) is 4.51. The molecule has 0 radical (unpaired) electrons. The SMILES string of the molecule is COc1ccccc1C(=O)NCCC(=O)OCC(=O)N1CCc2ccccc21. The van der Waals surface area contributed by atoms with Gasteiger partial charge in [0, 0.05) is 18.8 Å². The Hall–Kier alpha value is -3.35. The number of carbonyl (C=O) groups excluding carboxylic acids is 3. The van der Waals surface area contributed by atoms with Crippen LogP contribution in [0.15, 0.2) is 48.5 Å². The second-order valence-electron chi connectivity index (χ2n) is 6.29. The number of rotatable bonds is 7. The molecule has 0 atom stereocenters. The molecule has 1 heterocycles. The highest BCUT2D eigenvalue weighted by atomic mass is 16.5. The zero-order valence-electron chi connectivity index (χ0n) is 15.6. The summed E-state index contributed by atoms with van der Waals surface area (Å²) in [6.07, 6.45) is 0.773. The molecule has 0 saturated carbocycles. The third kappa shape index (κ3) is 4.49. The minimum Gasteiger partial charge on any atom is -0.496 e. The molecule has 1 N–H and O–H groups in total. The van der Waals surface area contributed by atoms with Crippen LogP contribution in [-0.2, 0) is 20.7 Å². The van der Waals surface area contributed by atoms with Crippen molar-refractivity contribution in [3.05, 3.63) is 59.7 Å². The van der Waals surface area contributed by atoms with Gasteiger partial charge in [-0.05, 0) is 30.2 Å². The first-order valence-electron chi connectivity index (χ1n) is 9.05. The van der Waals surface area contributed by atoms with Gasteiger partial charge in [0.1, 0.15) is 5.75 Å². The molecule has 0 aliphatic carbocycles. The number of carbonyl (C=O) groups is 3. The van der Waals surface area contributed by atoms with Crippen LogP contribution < -0.4 is 15.0 Å². The fourth-order valence-electron chi connectivity index (χ4n) is 3.10. The second kappa shape index (κ2) is 9.03. The highest BCUT2D eigenvalue weighted by molar-refractivity contribution is 5.98. The topological polar surface area (TPSA) is 84.9 Å². The minimum atomic E-state index is -0.541. The van der Waals surface area contributed by atoms with Gasteiger partial charge in [-0.1, -0.05) is 30.3 Å². The van der Waals surface area contributed by atoms with Crippen LogP contribution >= 0.6 is 0 Å². The summed E-state index contributed by atoms with van der Waals surface area (Å²) in [6.45, 7) is 0.384. The molecule has 0 bridgehead atoms. The molecular formula is C21H22N2O5. The van der Waals surface area contributed by atoms with Gasteiger partial charge in [0.25, 0.3) is 11.8 Å². The third-order valence-electron chi connectivity index (χ3n) is 4.51. The summed E-state index contributed by atoms with van der Waals surface area (Å²) in [5, 5.41) is 2.65. The Labute approximate surface area is 163 Å². The van der Waals surface area contributed by atoms with E-state index in [-0.39, 0.29) is 31.4 Å². The molecule has 0 spiro atoms. The van der Waals surface area contributed by atoms with Gasteiger partial charge in [0.15, 0.2) is 6.61 Å². The lowest BCUT2D eigenvalue weighted by Crippen LogP contribution is -2.33. The predicted octanol–water partition coefficient (Wildman–Crippen LogP) is 1.95. The van der Waals surface area contributed by atoms with Crippen molar-refractivity contribution >= 4 is 23.5 Å². The van der Waals surface area contributed by atoms with Gasteiger partial charge in [-0.15, -0.1) is 0 Å². The molecule has 2 aromatic carbocycles. The van der Waals surface area contributed by atoms with Crippen molar-refractivity contribution in [2.75, 3.05) is 31.7 Å². The van der Waals surface area contributed by atoms with Crippen LogP contribution in [0.2, 0.25) is 0 Å². The number of anilines is 1. The first kappa shape index (κ1) is 19.4. The Bertz CT molecular complexity index is 881. The van der Waals surface area contributed by atoms with Gasteiger partial charge in [0.2, 0.25) is 0 Å². The van der Waals surface area contributed by atoms with Gasteiger partial charge in [0.05, 0.1) is 19.1 Å². The van der Waals surface area contributed by atoms with Crippen molar-refractivity contribution < 1.29 is 23.9 Å². The maximum Gasteiger partial charge on any atom is 0.308 e. The zero-order valence-corrected chi connectivity index (χ0v) is 15.6. The van der Waals surface area contributed by atoms with E-state index in [1.165, 1.54) is 7.11 Å². The Morgan fingerprint density at radius 2 is 1.82 bits per heavy atom. The van der Waals surface area contributed by atoms with Crippen LogP contribution in [0.1, 0.15) is 22.3 Å². The number of benzene rings is 2. The number of hydrogen-bond donors (Lipinski definition) is 1. The number of ether oxygens (including phenoxy) is 2. The van der Waals surface area contributed by atoms with Crippen LogP contribution in [0.3, 0.4) is 0 Å². The molecule has 0 unspecified atom stereocenters. The minimum absolute atomic E-state index is 0.0231. The van der Waals surface area contributed by atoms with Gasteiger partial charge in [-0.2, -0.15) is 0 Å². The lowest BCUT2D eigenvalue weighted by Gasteiger charge is -2.17. The lowest BCUT2D eigenvalue weighted by molar-refractivity contribution is -0.147. The normalized spacial score (nSPS) is 12.2. The first-order chi connectivity index (χ1) is 13.6. The Balaban J connectivity index is 1.41. The fraction of sp³-hybridized carbons (Fsp3) is 0.286. The van der Waals surface area contributed by atoms with Crippen molar-refractivity contribution in [2.45, 2.75) is 12.8 Å². The van der Waals surface area contributed by atoms with Gasteiger partial charge >= 0.3 is 5.97 Å². The number of esters is 1. The predicted molar refractivity (Wildman–Crippen MR) is 103 cm³/mol. The van der Waals surface area contributed by atoms with Crippen molar-refractivity contribution in [2.24, 2.45) is 0 Å². The summed E-state index contributed by atoms with van der Waals surface area (Å²) < 4.78 is 10.2. The molecule has 146 valence electrons. The molecule has 2 aromatic rings. The molecular weight excluding hydrogens is 360 g/mol. The maximum absolute atomic E-state index is 12.3. The quantitative estimate of drug-likeness (QED) is 0.740. The average Bonchev–Trinajstić information content (AvgIpc) is 3.16. The molecule has 0 fully saturated rings. The van der Waals surface area contributed by atoms with Gasteiger partial charge in [-0.25, -0.2) is 0 Å². The highest BCUT2D eigenvalue weighted by Crippen LogP contribution is 2.27. The fourth-order valence-corrected chi connectivity index (χ4v) is 3.10. The van der Waals surface area contributed by atoms with E-state index in [0.29, 0.717) is 17.9 Å².